The van der Waals surface area contributed by atoms with E-state index >= 15 is 0 Å². The summed E-state index contributed by atoms with van der Waals surface area (Å²) in [4.78, 5) is 7.73. The number of halogens is 3. The second kappa shape index (κ2) is 7.33. The predicted molar refractivity (Wildman–Crippen MR) is 87.0 cm³/mol. The topological polar surface area (TPSA) is 77.8 Å². The fourth-order valence-corrected chi connectivity index (χ4v) is 1.71. The number of pyridine rings is 2. The Bertz CT molecular complexity index is 609. The summed E-state index contributed by atoms with van der Waals surface area (Å²) < 4.78 is 0. The van der Waals surface area contributed by atoms with Crippen LogP contribution in [0.1, 0.15) is 12.6 Å². The minimum Gasteiger partial charge on any atom is -0.396 e. The summed E-state index contributed by atoms with van der Waals surface area (Å²) in [5.74, 6) is 0. The Balaban J connectivity index is 0.000000204. The van der Waals surface area contributed by atoms with Crippen LogP contribution in [0.15, 0.2) is 31.1 Å². The molecule has 4 N–H and O–H groups in total. The molecule has 0 aliphatic rings. The van der Waals surface area contributed by atoms with Gasteiger partial charge in [0.05, 0.1) is 27.1 Å². The van der Waals surface area contributed by atoms with Crippen LogP contribution in [-0.2, 0) is 0 Å². The lowest BCUT2D eigenvalue weighted by molar-refractivity contribution is 1.27. The predicted octanol–water partition coefficient (Wildman–Crippen LogP) is 4.32. The average Bonchev–Trinajstić information content (AvgIpc) is 2.39. The molecule has 0 aliphatic heterocycles. The lowest BCUT2D eigenvalue weighted by Gasteiger charge is -2.03. The summed E-state index contributed by atoms with van der Waals surface area (Å²) in [5, 5.41) is 1.22. The van der Waals surface area contributed by atoms with Crippen molar-refractivity contribution in [1.29, 1.82) is 0 Å². The van der Waals surface area contributed by atoms with E-state index in [0.717, 1.165) is 5.57 Å². The van der Waals surface area contributed by atoms with Gasteiger partial charge in [0.1, 0.15) is 0 Å². The van der Waals surface area contributed by atoms with Gasteiger partial charge in [-0.25, -0.2) is 4.98 Å². The van der Waals surface area contributed by atoms with E-state index in [1.165, 1.54) is 6.20 Å². The number of allylic oxidation sites excluding steroid dienone is 1. The standard InChI is InChI=1S/C8H9ClN2.C5H4Cl2N2/c1-5(2)8-7(10)6(9)3-4-11-8;6-3-1-2-9-5(7)4(3)8/h3-4H,1,10H2,2H3;1-2H,8H2. The molecular formula is C13H13Cl3N4. The molecule has 0 spiro atoms. The maximum atomic E-state index is 5.75. The van der Waals surface area contributed by atoms with Gasteiger partial charge in [-0.2, -0.15) is 0 Å². The van der Waals surface area contributed by atoms with Crippen molar-refractivity contribution in [2.75, 3.05) is 11.5 Å². The number of anilines is 2. The highest BCUT2D eigenvalue weighted by Crippen LogP contribution is 2.24. The summed E-state index contributed by atoms with van der Waals surface area (Å²) in [5.41, 5.74) is 13.3. The number of nitrogens with zero attached hydrogens (tertiary/aromatic N) is 2. The second-order valence-electron chi connectivity index (χ2n) is 3.83. The first-order chi connectivity index (χ1) is 9.34. The van der Waals surface area contributed by atoms with Gasteiger partial charge in [-0.15, -0.1) is 0 Å². The minimum absolute atomic E-state index is 0.252. The van der Waals surface area contributed by atoms with Crippen molar-refractivity contribution in [2.45, 2.75) is 6.92 Å². The Kier molecular flexibility index (Phi) is 6.07. The summed E-state index contributed by atoms with van der Waals surface area (Å²) in [6, 6.07) is 3.24. The molecule has 0 unspecified atom stereocenters. The van der Waals surface area contributed by atoms with Gasteiger partial charge >= 0.3 is 0 Å². The number of nitrogen functional groups attached to an aromatic ring is 2. The van der Waals surface area contributed by atoms with Crippen molar-refractivity contribution < 1.29 is 0 Å². The summed E-state index contributed by atoms with van der Waals surface area (Å²) in [6.45, 7) is 5.57. The third-order valence-corrected chi connectivity index (χ3v) is 3.19. The third kappa shape index (κ3) is 4.27. The fraction of sp³-hybridized carbons (Fsp3) is 0.0769. The normalized spacial score (nSPS) is 9.60. The molecule has 0 atom stereocenters. The van der Waals surface area contributed by atoms with Gasteiger partial charge in [-0.1, -0.05) is 41.4 Å². The Morgan fingerprint density at radius 3 is 1.90 bits per heavy atom. The smallest absolute Gasteiger partial charge is 0.153 e. The van der Waals surface area contributed by atoms with Gasteiger partial charge in [0, 0.05) is 12.4 Å². The Labute approximate surface area is 132 Å². The van der Waals surface area contributed by atoms with Crippen LogP contribution in [0.3, 0.4) is 0 Å². The van der Waals surface area contributed by atoms with Crippen LogP contribution in [0.25, 0.3) is 5.57 Å². The quantitative estimate of drug-likeness (QED) is 0.763. The number of hydrogen-bond acceptors (Lipinski definition) is 4. The van der Waals surface area contributed by atoms with Gasteiger partial charge in [-0.05, 0) is 24.6 Å². The maximum absolute atomic E-state index is 5.75. The van der Waals surface area contributed by atoms with Crippen LogP contribution in [0.4, 0.5) is 11.4 Å². The van der Waals surface area contributed by atoms with Gasteiger partial charge < -0.3 is 11.5 Å². The molecule has 7 heteroatoms. The zero-order valence-electron chi connectivity index (χ0n) is 10.7. The molecule has 0 aliphatic carbocycles. The van der Waals surface area contributed by atoms with Crippen LogP contribution >= 0.6 is 34.8 Å². The monoisotopic (exact) mass is 330 g/mol. The molecule has 20 heavy (non-hydrogen) atoms. The highest BCUT2D eigenvalue weighted by Gasteiger charge is 2.03. The van der Waals surface area contributed by atoms with E-state index in [0.29, 0.717) is 27.1 Å². The van der Waals surface area contributed by atoms with Crippen molar-refractivity contribution in [3.05, 3.63) is 52.0 Å². The summed E-state index contributed by atoms with van der Waals surface area (Å²) in [7, 11) is 0. The van der Waals surface area contributed by atoms with Crippen LogP contribution < -0.4 is 11.5 Å². The third-order valence-electron chi connectivity index (χ3n) is 2.23. The number of nitrogens with two attached hydrogens (primary N) is 2. The fourth-order valence-electron chi connectivity index (χ4n) is 1.22. The van der Waals surface area contributed by atoms with Gasteiger partial charge in [0.15, 0.2) is 5.15 Å². The molecule has 0 aromatic carbocycles. The van der Waals surface area contributed by atoms with E-state index in [4.69, 9.17) is 46.3 Å². The number of rotatable bonds is 1. The van der Waals surface area contributed by atoms with E-state index in [1.807, 2.05) is 6.92 Å². The Morgan fingerprint density at radius 2 is 1.50 bits per heavy atom. The highest BCUT2D eigenvalue weighted by atomic mass is 35.5. The van der Waals surface area contributed by atoms with Crippen molar-refractivity contribution >= 4 is 51.8 Å². The zero-order valence-corrected chi connectivity index (χ0v) is 13.0. The Morgan fingerprint density at radius 1 is 1.00 bits per heavy atom. The van der Waals surface area contributed by atoms with Crippen LogP contribution in [-0.4, -0.2) is 9.97 Å². The molecular weight excluding hydrogens is 319 g/mol. The van der Waals surface area contributed by atoms with E-state index < -0.39 is 0 Å². The highest BCUT2D eigenvalue weighted by molar-refractivity contribution is 6.38. The SMILES string of the molecule is C=C(C)c1nccc(Cl)c1N.Nc1c(Cl)ccnc1Cl. The van der Waals surface area contributed by atoms with E-state index in [-0.39, 0.29) is 5.15 Å². The molecule has 106 valence electrons. The van der Waals surface area contributed by atoms with Crippen LogP contribution in [0, 0.1) is 0 Å². The molecule has 0 fully saturated rings. The lowest BCUT2D eigenvalue weighted by atomic mass is 10.2. The lowest BCUT2D eigenvalue weighted by Crippen LogP contribution is -1.95. The molecule has 0 radical (unpaired) electrons. The molecule has 4 nitrogen and oxygen atoms in total. The molecule has 0 bridgehead atoms. The number of aromatic nitrogens is 2. The van der Waals surface area contributed by atoms with Crippen molar-refractivity contribution in [3.63, 3.8) is 0 Å². The zero-order chi connectivity index (χ0) is 15.3. The number of hydrogen-bond donors (Lipinski definition) is 2. The van der Waals surface area contributed by atoms with Gasteiger partial charge in [0.2, 0.25) is 0 Å². The van der Waals surface area contributed by atoms with E-state index in [1.54, 1.807) is 18.3 Å². The molecule has 0 saturated heterocycles. The Hall–Kier alpha value is -1.49. The molecule has 0 saturated carbocycles. The van der Waals surface area contributed by atoms with Gasteiger partial charge in [0.25, 0.3) is 0 Å². The van der Waals surface area contributed by atoms with Crippen molar-refractivity contribution in [1.82, 2.24) is 9.97 Å². The van der Waals surface area contributed by atoms with E-state index in [2.05, 4.69) is 16.5 Å². The van der Waals surface area contributed by atoms with Crippen molar-refractivity contribution in [3.8, 4) is 0 Å². The van der Waals surface area contributed by atoms with E-state index in [9.17, 15) is 0 Å². The largest absolute Gasteiger partial charge is 0.396 e. The summed E-state index contributed by atoms with van der Waals surface area (Å²) in [6.07, 6.45) is 3.11. The molecule has 2 aromatic rings. The first-order valence-corrected chi connectivity index (χ1v) is 6.59. The maximum Gasteiger partial charge on any atom is 0.153 e. The van der Waals surface area contributed by atoms with Gasteiger partial charge in [-0.3, -0.25) is 4.98 Å². The molecule has 0 amide bonds. The average molecular weight is 332 g/mol. The molecule has 2 rings (SSSR count). The second-order valence-corrected chi connectivity index (χ2v) is 5.01. The first-order valence-electron chi connectivity index (χ1n) is 5.46. The first kappa shape index (κ1) is 16.6. The van der Waals surface area contributed by atoms with Crippen LogP contribution in [0.2, 0.25) is 15.2 Å². The molecule has 2 heterocycles. The summed E-state index contributed by atoms with van der Waals surface area (Å²) >= 11 is 16.8. The van der Waals surface area contributed by atoms with Crippen molar-refractivity contribution in [2.24, 2.45) is 0 Å². The minimum atomic E-state index is 0.252. The molecule has 2 aromatic heterocycles. The van der Waals surface area contributed by atoms with Crippen LogP contribution in [0.5, 0.6) is 0 Å².